The number of nitrogens with one attached hydrogen (secondary N) is 1. The molecular formula is C31H54N2O3. The Morgan fingerprint density at radius 3 is 1.69 bits per heavy atom. The number of nitrogens with zero attached hydrogens (tertiary/aromatic N) is 1. The first-order chi connectivity index (χ1) is 17.5. The van der Waals surface area contributed by atoms with Crippen molar-refractivity contribution in [2.45, 2.75) is 129 Å². The highest BCUT2D eigenvalue weighted by Gasteiger charge is 2.15. The van der Waals surface area contributed by atoms with Crippen LogP contribution in [0.3, 0.4) is 0 Å². The normalized spacial score (nSPS) is 12.0. The summed E-state index contributed by atoms with van der Waals surface area (Å²) in [7, 11) is 3.64. The highest BCUT2D eigenvalue weighted by Crippen LogP contribution is 2.14. The van der Waals surface area contributed by atoms with Crippen molar-refractivity contribution in [2.75, 3.05) is 20.6 Å². The SMILES string of the molecule is CCC(NC(=O)CCCCCCCCCCCCCCCCCc1ccccc1)OC(=O)CN(C)C. The average Bonchev–Trinajstić information content (AvgIpc) is 2.85. The van der Waals surface area contributed by atoms with Crippen molar-refractivity contribution < 1.29 is 14.3 Å². The lowest BCUT2D eigenvalue weighted by Gasteiger charge is -2.19. The molecule has 0 aromatic heterocycles. The first-order valence-corrected chi connectivity index (χ1v) is 14.7. The van der Waals surface area contributed by atoms with Gasteiger partial charge in [0.25, 0.3) is 0 Å². The minimum atomic E-state index is -0.519. The summed E-state index contributed by atoms with van der Waals surface area (Å²) in [5.74, 6) is -0.330. The van der Waals surface area contributed by atoms with Crippen LogP contribution in [-0.4, -0.2) is 43.6 Å². The Balaban J connectivity index is 1.82. The summed E-state index contributed by atoms with van der Waals surface area (Å²) in [6, 6.07) is 10.8. The molecule has 0 radical (unpaired) electrons. The molecule has 5 heteroatoms. The Labute approximate surface area is 221 Å². The van der Waals surface area contributed by atoms with Gasteiger partial charge in [-0.05, 0) is 38.9 Å². The van der Waals surface area contributed by atoms with E-state index in [0.29, 0.717) is 12.8 Å². The average molecular weight is 503 g/mol. The smallest absolute Gasteiger partial charge is 0.322 e. The summed E-state index contributed by atoms with van der Waals surface area (Å²) >= 11 is 0. The second-order valence-corrected chi connectivity index (χ2v) is 10.5. The van der Waals surface area contributed by atoms with Crippen molar-refractivity contribution in [1.29, 1.82) is 0 Å². The van der Waals surface area contributed by atoms with Gasteiger partial charge in [-0.25, -0.2) is 0 Å². The number of aryl methyl sites for hydroxylation is 1. The van der Waals surface area contributed by atoms with Crippen LogP contribution in [0.4, 0.5) is 0 Å². The standard InChI is InChI=1S/C31H54N2O3/c1-4-30(36-31(35)27-33(2)3)32-29(34)26-22-17-15-13-11-9-7-5-6-8-10-12-14-16-19-23-28-24-20-18-21-25-28/h18,20-21,24-25,30H,4-17,19,22-23,26-27H2,1-3H3,(H,32,34). The van der Waals surface area contributed by atoms with E-state index in [1.807, 2.05) is 21.0 Å². The molecule has 0 aliphatic heterocycles. The van der Waals surface area contributed by atoms with E-state index in [2.05, 4.69) is 35.6 Å². The molecule has 1 atom stereocenters. The molecule has 0 aliphatic rings. The third-order valence-electron chi connectivity index (χ3n) is 6.62. The topological polar surface area (TPSA) is 58.6 Å². The second-order valence-electron chi connectivity index (χ2n) is 10.5. The summed E-state index contributed by atoms with van der Waals surface area (Å²) in [6.07, 6.45) is 21.3. The Kier molecular flexibility index (Phi) is 19.9. The summed E-state index contributed by atoms with van der Waals surface area (Å²) in [6.45, 7) is 2.13. The summed E-state index contributed by atoms with van der Waals surface area (Å²) in [5.41, 5.74) is 1.47. The van der Waals surface area contributed by atoms with Gasteiger partial charge in [0.15, 0.2) is 6.23 Å². The number of unbranched alkanes of at least 4 members (excludes halogenated alkanes) is 14. The Morgan fingerprint density at radius 1 is 0.750 bits per heavy atom. The Bertz CT molecular complexity index is 663. The molecule has 1 rings (SSSR count). The van der Waals surface area contributed by atoms with Gasteiger partial charge in [-0.15, -0.1) is 0 Å². The molecule has 1 unspecified atom stereocenters. The maximum absolute atomic E-state index is 12.1. The predicted octanol–water partition coefficient (Wildman–Crippen LogP) is 7.43. The molecule has 0 spiro atoms. The van der Waals surface area contributed by atoms with Crippen LogP contribution in [0.1, 0.15) is 122 Å². The summed E-state index contributed by atoms with van der Waals surface area (Å²) in [5, 5.41) is 2.83. The number of hydrogen-bond donors (Lipinski definition) is 1. The number of likely N-dealkylation sites (N-methyl/N-ethyl adjacent to an activating group) is 1. The van der Waals surface area contributed by atoms with Gasteiger partial charge >= 0.3 is 5.97 Å². The minimum Gasteiger partial charge on any atom is -0.441 e. The number of benzene rings is 1. The zero-order chi connectivity index (χ0) is 26.3. The molecule has 1 aromatic rings. The number of esters is 1. The van der Waals surface area contributed by atoms with E-state index in [1.54, 1.807) is 4.90 Å². The summed E-state index contributed by atoms with van der Waals surface area (Å²) in [4.78, 5) is 25.6. The van der Waals surface area contributed by atoms with Crippen LogP contribution >= 0.6 is 0 Å². The fourth-order valence-corrected chi connectivity index (χ4v) is 4.48. The summed E-state index contributed by atoms with van der Waals surface area (Å²) < 4.78 is 5.32. The van der Waals surface area contributed by atoms with Crippen LogP contribution in [0.5, 0.6) is 0 Å². The molecule has 0 aliphatic carbocycles. The van der Waals surface area contributed by atoms with Crippen LogP contribution in [0.25, 0.3) is 0 Å². The van der Waals surface area contributed by atoms with Gasteiger partial charge in [-0.1, -0.05) is 121 Å². The lowest BCUT2D eigenvalue weighted by Crippen LogP contribution is -2.39. The fraction of sp³-hybridized carbons (Fsp3) is 0.742. The van der Waals surface area contributed by atoms with Gasteiger partial charge in [0.2, 0.25) is 5.91 Å². The zero-order valence-electron chi connectivity index (χ0n) is 23.6. The van der Waals surface area contributed by atoms with Crippen LogP contribution in [0, 0.1) is 0 Å². The van der Waals surface area contributed by atoms with E-state index in [9.17, 15) is 9.59 Å². The highest BCUT2D eigenvalue weighted by atomic mass is 16.6. The number of carbonyl (C=O) groups excluding carboxylic acids is 2. The van der Waals surface area contributed by atoms with Gasteiger partial charge in [-0.3, -0.25) is 14.5 Å². The molecular weight excluding hydrogens is 448 g/mol. The van der Waals surface area contributed by atoms with Gasteiger partial charge in [-0.2, -0.15) is 0 Å². The zero-order valence-corrected chi connectivity index (χ0v) is 23.6. The van der Waals surface area contributed by atoms with Crippen LogP contribution in [-0.2, 0) is 20.7 Å². The molecule has 1 N–H and O–H groups in total. The molecule has 206 valence electrons. The van der Waals surface area contributed by atoms with Gasteiger partial charge in [0.1, 0.15) is 0 Å². The monoisotopic (exact) mass is 502 g/mol. The number of ether oxygens (including phenoxy) is 1. The quantitative estimate of drug-likeness (QED) is 0.0960. The molecule has 36 heavy (non-hydrogen) atoms. The lowest BCUT2D eigenvalue weighted by atomic mass is 10.0. The van der Waals surface area contributed by atoms with E-state index in [-0.39, 0.29) is 18.4 Å². The number of hydrogen-bond acceptors (Lipinski definition) is 4. The van der Waals surface area contributed by atoms with Crippen molar-refractivity contribution in [2.24, 2.45) is 0 Å². The third-order valence-corrected chi connectivity index (χ3v) is 6.62. The first-order valence-electron chi connectivity index (χ1n) is 14.7. The molecule has 0 bridgehead atoms. The third kappa shape index (κ3) is 19.3. The highest BCUT2D eigenvalue weighted by molar-refractivity contribution is 5.77. The van der Waals surface area contributed by atoms with Crippen LogP contribution in [0.15, 0.2) is 30.3 Å². The van der Waals surface area contributed by atoms with Crippen molar-refractivity contribution in [1.82, 2.24) is 10.2 Å². The number of amides is 1. The maximum atomic E-state index is 12.1. The van der Waals surface area contributed by atoms with E-state index in [0.717, 1.165) is 12.8 Å². The van der Waals surface area contributed by atoms with Crippen molar-refractivity contribution in [3.05, 3.63) is 35.9 Å². The molecule has 0 saturated heterocycles. The molecule has 0 saturated carbocycles. The van der Waals surface area contributed by atoms with E-state index in [4.69, 9.17) is 4.74 Å². The van der Waals surface area contributed by atoms with Crippen LogP contribution in [0.2, 0.25) is 0 Å². The van der Waals surface area contributed by atoms with Gasteiger partial charge in [0, 0.05) is 12.8 Å². The number of carbonyl (C=O) groups is 2. The molecule has 5 nitrogen and oxygen atoms in total. The Morgan fingerprint density at radius 2 is 1.22 bits per heavy atom. The second kappa shape index (κ2) is 22.3. The van der Waals surface area contributed by atoms with Crippen molar-refractivity contribution in [3.63, 3.8) is 0 Å². The number of rotatable bonds is 23. The van der Waals surface area contributed by atoms with Gasteiger partial charge < -0.3 is 10.1 Å². The molecule has 1 aromatic carbocycles. The first kappa shape index (κ1) is 32.1. The molecule has 1 amide bonds. The largest absolute Gasteiger partial charge is 0.441 e. The predicted molar refractivity (Wildman–Crippen MR) is 151 cm³/mol. The lowest BCUT2D eigenvalue weighted by molar-refractivity contribution is -0.153. The molecule has 0 fully saturated rings. The van der Waals surface area contributed by atoms with Crippen molar-refractivity contribution in [3.8, 4) is 0 Å². The van der Waals surface area contributed by atoms with Gasteiger partial charge in [0.05, 0.1) is 6.54 Å². The van der Waals surface area contributed by atoms with Crippen LogP contribution < -0.4 is 5.32 Å². The minimum absolute atomic E-state index is 0.0216. The fourth-order valence-electron chi connectivity index (χ4n) is 4.48. The Hall–Kier alpha value is -1.88. The maximum Gasteiger partial charge on any atom is 0.322 e. The van der Waals surface area contributed by atoms with E-state index >= 15 is 0 Å². The van der Waals surface area contributed by atoms with E-state index in [1.165, 1.54) is 95.5 Å². The van der Waals surface area contributed by atoms with Crippen molar-refractivity contribution >= 4 is 11.9 Å². The molecule has 0 heterocycles. The van der Waals surface area contributed by atoms with E-state index < -0.39 is 6.23 Å².